The highest BCUT2D eigenvalue weighted by Crippen LogP contribution is 2.26. The number of rotatable bonds is 8. The van der Waals surface area contributed by atoms with Crippen LogP contribution in [0.15, 0.2) is 42.7 Å². The fourth-order valence-electron chi connectivity index (χ4n) is 3.61. The second-order valence-corrected chi connectivity index (χ2v) is 7.92. The molecule has 0 aliphatic carbocycles. The minimum atomic E-state index is -0.500. The SMILES string of the molecule is Cc1cnccc1OC1CCN(CC(O)COc2ccccc2C(C)C)CC1. The molecule has 0 bridgehead atoms. The van der Waals surface area contributed by atoms with Gasteiger partial charge in [-0.15, -0.1) is 0 Å². The lowest BCUT2D eigenvalue weighted by molar-refractivity contribution is 0.0398. The summed E-state index contributed by atoms with van der Waals surface area (Å²) in [6.45, 7) is 9.12. The van der Waals surface area contributed by atoms with Gasteiger partial charge in [0.05, 0.1) is 0 Å². The van der Waals surface area contributed by atoms with Gasteiger partial charge in [0.25, 0.3) is 0 Å². The van der Waals surface area contributed by atoms with Crippen molar-refractivity contribution < 1.29 is 14.6 Å². The normalized spacial score (nSPS) is 16.9. The second-order valence-electron chi connectivity index (χ2n) is 7.92. The summed E-state index contributed by atoms with van der Waals surface area (Å²) in [4.78, 5) is 6.40. The highest BCUT2D eigenvalue weighted by atomic mass is 16.5. The molecule has 1 fully saturated rings. The van der Waals surface area contributed by atoms with Crippen LogP contribution in [0, 0.1) is 6.92 Å². The van der Waals surface area contributed by atoms with Crippen molar-refractivity contribution >= 4 is 0 Å². The summed E-state index contributed by atoms with van der Waals surface area (Å²) < 4.78 is 12.0. The van der Waals surface area contributed by atoms with Gasteiger partial charge in [-0.25, -0.2) is 0 Å². The van der Waals surface area contributed by atoms with Crippen LogP contribution in [0.3, 0.4) is 0 Å². The van der Waals surface area contributed by atoms with Crippen LogP contribution in [-0.2, 0) is 0 Å². The van der Waals surface area contributed by atoms with Crippen LogP contribution >= 0.6 is 0 Å². The minimum absolute atomic E-state index is 0.226. The van der Waals surface area contributed by atoms with Crippen molar-refractivity contribution in [3.63, 3.8) is 0 Å². The predicted molar refractivity (Wildman–Crippen MR) is 111 cm³/mol. The molecule has 0 spiro atoms. The Kier molecular flexibility index (Phi) is 7.29. The van der Waals surface area contributed by atoms with E-state index in [0.29, 0.717) is 19.1 Å². The lowest BCUT2D eigenvalue weighted by atomic mass is 10.0. The van der Waals surface area contributed by atoms with E-state index in [4.69, 9.17) is 9.47 Å². The van der Waals surface area contributed by atoms with Crippen LogP contribution in [0.4, 0.5) is 0 Å². The Morgan fingerprint density at radius 1 is 1.14 bits per heavy atom. The number of aliphatic hydroxyl groups is 1. The molecule has 3 rings (SSSR count). The van der Waals surface area contributed by atoms with Crippen molar-refractivity contribution in [2.24, 2.45) is 0 Å². The van der Waals surface area contributed by atoms with E-state index in [2.05, 4.69) is 29.8 Å². The molecular weight excluding hydrogens is 352 g/mol. The van der Waals surface area contributed by atoms with Gasteiger partial charge in [0.2, 0.25) is 0 Å². The molecule has 1 aliphatic rings. The number of piperidine rings is 1. The largest absolute Gasteiger partial charge is 0.491 e. The van der Waals surface area contributed by atoms with E-state index in [1.165, 1.54) is 5.56 Å². The Labute approximate surface area is 168 Å². The predicted octanol–water partition coefficient (Wildman–Crippen LogP) is 3.80. The van der Waals surface area contributed by atoms with E-state index in [-0.39, 0.29) is 6.10 Å². The van der Waals surface area contributed by atoms with Crippen LogP contribution in [0.2, 0.25) is 0 Å². The molecular formula is C23H32N2O3. The number of aliphatic hydroxyl groups excluding tert-OH is 1. The fourth-order valence-corrected chi connectivity index (χ4v) is 3.61. The third-order valence-corrected chi connectivity index (χ3v) is 5.24. The number of β-amino-alcohol motifs (C(OH)–C–C–N with tert-alkyl or cyclic N) is 1. The zero-order chi connectivity index (χ0) is 19.9. The number of benzene rings is 1. The highest BCUT2D eigenvalue weighted by Gasteiger charge is 2.23. The van der Waals surface area contributed by atoms with Crippen molar-refractivity contribution in [1.29, 1.82) is 0 Å². The van der Waals surface area contributed by atoms with Gasteiger partial charge in [-0.1, -0.05) is 32.0 Å². The van der Waals surface area contributed by atoms with Crippen molar-refractivity contribution in [2.45, 2.75) is 51.7 Å². The average Bonchev–Trinajstić information content (AvgIpc) is 2.70. The molecule has 28 heavy (non-hydrogen) atoms. The molecule has 1 saturated heterocycles. The maximum Gasteiger partial charge on any atom is 0.125 e. The Morgan fingerprint density at radius 2 is 1.89 bits per heavy atom. The first-order valence-corrected chi connectivity index (χ1v) is 10.2. The Hall–Kier alpha value is -2.11. The van der Waals surface area contributed by atoms with E-state index >= 15 is 0 Å². The van der Waals surface area contributed by atoms with Gasteiger partial charge >= 0.3 is 0 Å². The zero-order valence-electron chi connectivity index (χ0n) is 17.2. The number of para-hydroxylation sites is 1. The molecule has 2 heterocycles. The number of aromatic nitrogens is 1. The molecule has 2 aromatic rings. The van der Waals surface area contributed by atoms with Crippen LogP contribution < -0.4 is 9.47 Å². The topological polar surface area (TPSA) is 54.8 Å². The first kappa shape index (κ1) is 20.6. The quantitative estimate of drug-likeness (QED) is 0.750. The number of ether oxygens (including phenoxy) is 2. The van der Waals surface area contributed by atoms with Crippen LogP contribution in [0.25, 0.3) is 0 Å². The molecule has 0 saturated carbocycles. The molecule has 1 unspecified atom stereocenters. The lowest BCUT2D eigenvalue weighted by Gasteiger charge is -2.33. The van der Waals surface area contributed by atoms with E-state index in [1.807, 2.05) is 37.4 Å². The highest BCUT2D eigenvalue weighted by molar-refractivity contribution is 5.35. The first-order chi connectivity index (χ1) is 13.5. The number of aryl methyl sites for hydroxylation is 1. The minimum Gasteiger partial charge on any atom is -0.491 e. The van der Waals surface area contributed by atoms with E-state index in [1.54, 1.807) is 6.20 Å². The monoisotopic (exact) mass is 384 g/mol. The summed E-state index contributed by atoms with van der Waals surface area (Å²) in [7, 11) is 0. The third kappa shape index (κ3) is 5.69. The van der Waals surface area contributed by atoms with E-state index in [0.717, 1.165) is 43.0 Å². The Morgan fingerprint density at radius 3 is 2.61 bits per heavy atom. The van der Waals surface area contributed by atoms with Gasteiger partial charge in [0, 0.05) is 37.6 Å². The van der Waals surface area contributed by atoms with Gasteiger partial charge in [-0.2, -0.15) is 0 Å². The van der Waals surface area contributed by atoms with E-state index in [9.17, 15) is 5.11 Å². The molecule has 1 atom stereocenters. The van der Waals surface area contributed by atoms with Crippen molar-refractivity contribution in [1.82, 2.24) is 9.88 Å². The number of hydrogen-bond donors (Lipinski definition) is 1. The molecule has 5 heteroatoms. The van der Waals surface area contributed by atoms with Gasteiger partial charge in [0.1, 0.15) is 30.3 Å². The van der Waals surface area contributed by atoms with Gasteiger partial charge < -0.3 is 19.5 Å². The molecule has 1 aromatic carbocycles. The third-order valence-electron chi connectivity index (χ3n) is 5.24. The molecule has 1 aliphatic heterocycles. The number of likely N-dealkylation sites (tertiary alicyclic amines) is 1. The van der Waals surface area contributed by atoms with Crippen LogP contribution in [-0.4, -0.2) is 53.4 Å². The van der Waals surface area contributed by atoms with E-state index < -0.39 is 6.10 Å². The Bertz CT molecular complexity index is 742. The maximum atomic E-state index is 10.4. The smallest absolute Gasteiger partial charge is 0.125 e. The van der Waals surface area contributed by atoms with Crippen molar-refractivity contribution in [2.75, 3.05) is 26.2 Å². The summed E-state index contributed by atoms with van der Waals surface area (Å²) in [5.74, 6) is 2.19. The summed E-state index contributed by atoms with van der Waals surface area (Å²) in [6.07, 6.45) is 5.25. The molecule has 0 amide bonds. The summed E-state index contributed by atoms with van der Waals surface area (Å²) in [5.41, 5.74) is 2.25. The average molecular weight is 385 g/mol. The first-order valence-electron chi connectivity index (χ1n) is 10.2. The number of nitrogens with zero attached hydrogens (tertiary/aromatic N) is 2. The van der Waals surface area contributed by atoms with Crippen LogP contribution in [0.1, 0.15) is 43.7 Å². The zero-order valence-corrected chi connectivity index (χ0v) is 17.2. The lowest BCUT2D eigenvalue weighted by Crippen LogP contribution is -2.43. The van der Waals surface area contributed by atoms with Gasteiger partial charge in [0.15, 0.2) is 0 Å². The fraction of sp³-hybridized carbons (Fsp3) is 0.522. The second kappa shape index (κ2) is 9.89. The van der Waals surface area contributed by atoms with Crippen molar-refractivity contribution in [3.8, 4) is 11.5 Å². The molecule has 5 nitrogen and oxygen atoms in total. The summed E-state index contributed by atoms with van der Waals surface area (Å²) >= 11 is 0. The van der Waals surface area contributed by atoms with Crippen LogP contribution in [0.5, 0.6) is 11.5 Å². The molecule has 0 radical (unpaired) electrons. The molecule has 1 aromatic heterocycles. The summed E-state index contributed by atoms with van der Waals surface area (Å²) in [5, 5.41) is 10.4. The Balaban J connectivity index is 1.42. The molecule has 1 N–H and O–H groups in total. The van der Waals surface area contributed by atoms with Crippen molar-refractivity contribution in [3.05, 3.63) is 53.9 Å². The number of pyridine rings is 1. The number of hydrogen-bond acceptors (Lipinski definition) is 5. The molecule has 152 valence electrons. The summed E-state index contributed by atoms with van der Waals surface area (Å²) in [6, 6.07) is 9.99. The van der Waals surface area contributed by atoms with Gasteiger partial charge in [-0.05, 0) is 43.4 Å². The van der Waals surface area contributed by atoms with Gasteiger partial charge in [-0.3, -0.25) is 4.98 Å². The standard InChI is InChI=1S/C23H32N2O3/c1-17(2)21-6-4-5-7-23(21)27-16-19(26)15-25-12-9-20(10-13-25)28-22-8-11-24-14-18(22)3/h4-8,11,14,17,19-20,26H,9-10,12-13,15-16H2,1-3H3. The maximum absolute atomic E-state index is 10.4.